The van der Waals surface area contributed by atoms with Crippen LogP contribution in [-0.2, 0) is 11.3 Å². The van der Waals surface area contributed by atoms with Gasteiger partial charge in [0.1, 0.15) is 0 Å². The maximum atomic E-state index is 10.4. The highest BCUT2D eigenvalue weighted by molar-refractivity contribution is 5.85. The lowest BCUT2D eigenvalue weighted by molar-refractivity contribution is -0.131. The zero-order chi connectivity index (χ0) is 13.8. The number of carbonyl (C=O) groups is 1. The summed E-state index contributed by atoms with van der Waals surface area (Å²) >= 11 is 0. The fourth-order valence-electron chi connectivity index (χ4n) is 2.74. The van der Waals surface area contributed by atoms with Crippen LogP contribution in [0.1, 0.15) is 31.4 Å². The number of hydrogen-bond acceptors (Lipinski definition) is 2. The Labute approximate surface area is 114 Å². The summed E-state index contributed by atoms with van der Waals surface area (Å²) < 4.78 is 0. The van der Waals surface area contributed by atoms with Gasteiger partial charge in [-0.25, -0.2) is 4.79 Å². The minimum absolute atomic E-state index is 0.654. The number of aliphatic carboxylic acids is 1. The van der Waals surface area contributed by atoms with Gasteiger partial charge < -0.3 is 5.11 Å². The molecule has 1 N–H and O–H groups in total. The predicted octanol–water partition coefficient (Wildman–Crippen LogP) is 3.01. The minimum Gasteiger partial charge on any atom is -0.478 e. The Morgan fingerprint density at radius 3 is 2.58 bits per heavy atom. The van der Waals surface area contributed by atoms with Crippen molar-refractivity contribution in [3.8, 4) is 0 Å². The van der Waals surface area contributed by atoms with E-state index in [1.54, 1.807) is 6.08 Å². The quantitative estimate of drug-likeness (QED) is 0.845. The second kappa shape index (κ2) is 6.02. The molecule has 19 heavy (non-hydrogen) atoms. The SMILES string of the molecule is CC1CC(C)N(Cc2ccc(/C=C/C(=O)O)cc2)C1. The van der Waals surface area contributed by atoms with E-state index in [1.165, 1.54) is 24.6 Å². The summed E-state index contributed by atoms with van der Waals surface area (Å²) in [4.78, 5) is 12.9. The summed E-state index contributed by atoms with van der Waals surface area (Å²) in [5, 5.41) is 8.58. The first kappa shape index (κ1) is 13.8. The Kier molecular flexibility index (Phi) is 4.38. The van der Waals surface area contributed by atoms with Gasteiger partial charge >= 0.3 is 5.97 Å². The molecule has 0 spiro atoms. The first-order valence-electron chi connectivity index (χ1n) is 6.78. The van der Waals surface area contributed by atoms with Gasteiger partial charge in [0.15, 0.2) is 0 Å². The molecule has 1 aliphatic rings. The fraction of sp³-hybridized carbons (Fsp3) is 0.438. The summed E-state index contributed by atoms with van der Waals surface area (Å²) in [7, 11) is 0. The van der Waals surface area contributed by atoms with Gasteiger partial charge in [0.2, 0.25) is 0 Å². The normalized spacial score (nSPS) is 24.1. The first-order valence-corrected chi connectivity index (χ1v) is 6.78. The van der Waals surface area contributed by atoms with E-state index in [0.717, 1.165) is 18.0 Å². The van der Waals surface area contributed by atoms with Crippen LogP contribution < -0.4 is 0 Å². The third kappa shape index (κ3) is 3.93. The van der Waals surface area contributed by atoms with Crippen LogP contribution in [0.5, 0.6) is 0 Å². The van der Waals surface area contributed by atoms with E-state index in [1.807, 2.05) is 12.1 Å². The summed E-state index contributed by atoms with van der Waals surface area (Å²) in [6.45, 7) is 6.74. The van der Waals surface area contributed by atoms with Crippen molar-refractivity contribution in [1.82, 2.24) is 4.90 Å². The zero-order valence-electron chi connectivity index (χ0n) is 11.5. The summed E-state index contributed by atoms with van der Waals surface area (Å²) in [5.74, 6) is -0.128. The number of likely N-dealkylation sites (tertiary alicyclic amines) is 1. The molecule has 3 nitrogen and oxygen atoms in total. The van der Waals surface area contributed by atoms with Gasteiger partial charge in [-0.05, 0) is 36.5 Å². The van der Waals surface area contributed by atoms with E-state index >= 15 is 0 Å². The number of nitrogens with zero attached hydrogens (tertiary/aromatic N) is 1. The highest BCUT2D eigenvalue weighted by Gasteiger charge is 2.25. The maximum Gasteiger partial charge on any atom is 0.328 e. The molecule has 0 radical (unpaired) electrons. The van der Waals surface area contributed by atoms with Gasteiger partial charge in [-0.1, -0.05) is 31.2 Å². The average Bonchev–Trinajstić information content (AvgIpc) is 2.67. The molecule has 0 saturated carbocycles. The van der Waals surface area contributed by atoms with Gasteiger partial charge in [-0.15, -0.1) is 0 Å². The first-order chi connectivity index (χ1) is 9.04. The van der Waals surface area contributed by atoms with Crippen LogP contribution in [0.4, 0.5) is 0 Å². The maximum absolute atomic E-state index is 10.4. The van der Waals surface area contributed by atoms with Crippen molar-refractivity contribution in [2.75, 3.05) is 6.54 Å². The fourth-order valence-corrected chi connectivity index (χ4v) is 2.74. The average molecular weight is 259 g/mol. The molecule has 0 aromatic heterocycles. The molecule has 1 aromatic rings. The Hall–Kier alpha value is -1.61. The monoisotopic (exact) mass is 259 g/mol. The Morgan fingerprint density at radius 2 is 2.05 bits per heavy atom. The Bertz CT molecular complexity index is 464. The van der Waals surface area contributed by atoms with Crippen LogP contribution in [0.25, 0.3) is 6.08 Å². The molecule has 1 aromatic carbocycles. The number of carboxylic acid groups (broad SMARTS) is 1. The van der Waals surface area contributed by atoms with Gasteiger partial charge in [-0.3, -0.25) is 4.90 Å². The van der Waals surface area contributed by atoms with Crippen molar-refractivity contribution in [3.63, 3.8) is 0 Å². The van der Waals surface area contributed by atoms with Crippen LogP contribution in [-0.4, -0.2) is 28.6 Å². The van der Waals surface area contributed by atoms with Crippen molar-refractivity contribution >= 4 is 12.0 Å². The molecule has 2 unspecified atom stereocenters. The number of hydrogen-bond donors (Lipinski definition) is 1. The minimum atomic E-state index is -0.913. The summed E-state index contributed by atoms with van der Waals surface area (Å²) in [5.41, 5.74) is 2.21. The lowest BCUT2D eigenvalue weighted by Crippen LogP contribution is -2.26. The molecule has 3 heteroatoms. The molecule has 1 aliphatic heterocycles. The van der Waals surface area contributed by atoms with Crippen molar-refractivity contribution in [2.24, 2.45) is 5.92 Å². The summed E-state index contributed by atoms with van der Waals surface area (Å²) in [6.07, 6.45) is 4.06. The van der Waals surface area contributed by atoms with E-state index in [4.69, 9.17) is 5.11 Å². The van der Waals surface area contributed by atoms with E-state index in [9.17, 15) is 4.79 Å². The summed E-state index contributed by atoms with van der Waals surface area (Å²) in [6, 6.07) is 8.76. The van der Waals surface area contributed by atoms with Gasteiger partial charge in [0.05, 0.1) is 0 Å². The molecule has 0 amide bonds. The number of benzene rings is 1. The van der Waals surface area contributed by atoms with E-state index in [2.05, 4.69) is 30.9 Å². The van der Waals surface area contributed by atoms with Gasteiger partial charge in [-0.2, -0.15) is 0 Å². The highest BCUT2D eigenvalue weighted by atomic mass is 16.4. The van der Waals surface area contributed by atoms with Gasteiger partial charge in [0.25, 0.3) is 0 Å². The van der Waals surface area contributed by atoms with Crippen LogP contribution >= 0.6 is 0 Å². The standard InChI is InChI=1S/C16H21NO2/c1-12-9-13(2)17(10-12)11-15-5-3-14(4-6-15)7-8-16(18)19/h3-8,12-13H,9-11H2,1-2H3,(H,18,19)/b8-7+. The Balaban J connectivity index is 1.97. The predicted molar refractivity (Wildman–Crippen MR) is 76.8 cm³/mol. The van der Waals surface area contributed by atoms with Crippen LogP contribution in [0.2, 0.25) is 0 Å². The molecule has 1 saturated heterocycles. The van der Waals surface area contributed by atoms with E-state index in [0.29, 0.717) is 6.04 Å². The smallest absolute Gasteiger partial charge is 0.328 e. The molecule has 1 heterocycles. The third-order valence-corrected chi connectivity index (χ3v) is 3.70. The second-order valence-corrected chi connectivity index (χ2v) is 5.53. The van der Waals surface area contributed by atoms with Crippen LogP contribution in [0.15, 0.2) is 30.3 Å². The molecule has 2 rings (SSSR count). The molecule has 0 bridgehead atoms. The largest absolute Gasteiger partial charge is 0.478 e. The van der Waals surface area contributed by atoms with Crippen molar-refractivity contribution in [3.05, 3.63) is 41.5 Å². The molecular formula is C16H21NO2. The molecule has 1 fully saturated rings. The topological polar surface area (TPSA) is 40.5 Å². The van der Waals surface area contributed by atoms with Crippen molar-refractivity contribution in [2.45, 2.75) is 32.9 Å². The zero-order valence-corrected chi connectivity index (χ0v) is 11.5. The molecule has 102 valence electrons. The molecule has 2 atom stereocenters. The van der Waals surface area contributed by atoms with E-state index in [-0.39, 0.29) is 0 Å². The lowest BCUT2D eigenvalue weighted by Gasteiger charge is -2.21. The van der Waals surface area contributed by atoms with Crippen LogP contribution in [0, 0.1) is 5.92 Å². The van der Waals surface area contributed by atoms with Crippen molar-refractivity contribution < 1.29 is 9.90 Å². The lowest BCUT2D eigenvalue weighted by atomic mass is 10.1. The van der Waals surface area contributed by atoms with E-state index < -0.39 is 5.97 Å². The number of carboxylic acids is 1. The Morgan fingerprint density at radius 1 is 1.37 bits per heavy atom. The second-order valence-electron chi connectivity index (χ2n) is 5.53. The number of rotatable bonds is 4. The highest BCUT2D eigenvalue weighted by Crippen LogP contribution is 2.24. The van der Waals surface area contributed by atoms with Gasteiger partial charge in [0, 0.05) is 25.2 Å². The molecular weight excluding hydrogens is 238 g/mol. The van der Waals surface area contributed by atoms with Crippen LogP contribution in [0.3, 0.4) is 0 Å². The van der Waals surface area contributed by atoms with Crippen molar-refractivity contribution in [1.29, 1.82) is 0 Å². The third-order valence-electron chi connectivity index (χ3n) is 3.70. The molecule has 0 aliphatic carbocycles.